The Morgan fingerprint density at radius 2 is 0.195 bits per heavy atom. The summed E-state index contributed by atoms with van der Waals surface area (Å²) in [5.74, 6) is 0. The fraction of sp³-hybridized carbons (Fsp3) is 0. The van der Waals surface area contributed by atoms with Crippen molar-refractivity contribution >= 4 is 10.8 Å². The van der Waals surface area contributed by atoms with Gasteiger partial charge in [-0.05, 0) is 156 Å². The van der Waals surface area contributed by atoms with Gasteiger partial charge in [0.25, 0.3) is 0 Å². The molecule has 82 heavy (non-hydrogen) atoms. The standard InChI is InChI=1S/C82H56/c1-3-7-57(8-4-1)59-11-15-61(16-12-59)63-19-23-65(24-20-63)67-27-31-69(32-28-67)71-35-39-73(40-36-71)75-43-47-77(48-44-75)79-51-53-82-56-80(52-54-81(82)55-79)78-49-45-76(46-50-78)74-41-37-72(38-42-74)70-33-29-68(30-34-70)66-25-21-64(22-26-66)62-17-13-60(14-18-62)58-9-5-2-6-10-58/h1-56H. The molecule has 384 valence electrons. The number of fused-ring (bicyclic) bond motifs is 1. The predicted octanol–water partition coefficient (Wildman–Crippen LogP) is 22.8. The highest BCUT2D eigenvalue weighted by Crippen LogP contribution is 2.36. The summed E-state index contributed by atoms with van der Waals surface area (Å²) in [6.45, 7) is 0. The van der Waals surface area contributed by atoms with Crippen molar-refractivity contribution in [2.45, 2.75) is 0 Å². The fourth-order valence-electron chi connectivity index (χ4n) is 11.4. The maximum Gasteiger partial charge on any atom is -0.0177 e. The van der Waals surface area contributed by atoms with E-state index in [1.807, 2.05) is 0 Å². The van der Waals surface area contributed by atoms with E-state index in [0.717, 1.165) is 0 Å². The van der Waals surface area contributed by atoms with Crippen molar-refractivity contribution in [1.29, 1.82) is 0 Å². The SMILES string of the molecule is c1ccc(-c2ccc(-c3ccc(-c4ccc(-c5ccc(-c6ccc(-c7ccc8cc(-c9ccc(-c%10ccc(-c%11ccc(-c%12ccc(-c%13ccc(-c%14ccccc%14)cc%13)cc%12)cc%11)cc%10)cc9)ccc8c7)cc6)cc5)cc4)cc3)cc2)cc1. The van der Waals surface area contributed by atoms with Crippen molar-refractivity contribution in [2.75, 3.05) is 0 Å². The van der Waals surface area contributed by atoms with E-state index in [-0.39, 0.29) is 0 Å². The van der Waals surface area contributed by atoms with Crippen LogP contribution in [0.2, 0.25) is 0 Å². The Morgan fingerprint density at radius 1 is 0.0854 bits per heavy atom. The molecule has 0 heteroatoms. The molecule has 0 spiro atoms. The third kappa shape index (κ3) is 10.5. The van der Waals surface area contributed by atoms with Gasteiger partial charge in [-0.1, -0.05) is 328 Å². The van der Waals surface area contributed by atoms with Gasteiger partial charge in [0.1, 0.15) is 0 Å². The van der Waals surface area contributed by atoms with Gasteiger partial charge in [0.2, 0.25) is 0 Å². The van der Waals surface area contributed by atoms with Gasteiger partial charge in [-0.15, -0.1) is 0 Å². The van der Waals surface area contributed by atoms with Crippen LogP contribution in [-0.4, -0.2) is 0 Å². The zero-order valence-corrected chi connectivity index (χ0v) is 45.3. The van der Waals surface area contributed by atoms with Crippen LogP contribution < -0.4 is 0 Å². The number of rotatable bonds is 12. The summed E-state index contributed by atoms with van der Waals surface area (Å²) in [5, 5.41) is 2.46. The minimum Gasteiger partial charge on any atom is -0.0622 e. The van der Waals surface area contributed by atoms with Gasteiger partial charge in [-0.2, -0.15) is 0 Å². The molecule has 0 aliphatic heterocycles. The molecule has 0 unspecified atom stereocenters. The highest BCUT2D eigenvalue weighted by atomic mass is 14.1. The minimum atomic E-state index is 1.21. The topological polar surface area (TPSA) is 0 Å². The highest BCUT2D eigenvalue weighted by Gasteiger charge is 2.10. The summed E-state index contributed by atoms with van der Waals surface area (Å²) >= 11 is 0. The first-order valence-electron chi connectivity index (χ1n) is 28.3. The Balaban J connectivity index is 0.580. The first-order chi connectivity index (χ1) is 40.6. The van der Waals surface area contributed by atoms with Crippen molar-refractivity contribution in [3.8, 4) is 134 Å². The maximum atomic E-state index is 2.31. The molecule has 0 atom stereocenters. The van der Waals surface area contributed by atoms with Crippen LogP contribution in [0.15, 0.2) is 340 Å². The summed E-state index contributed by atoms with van der Waals surface area (Å²) in [6, 6.07) is 124. The van der Waals surface area contributed by atoms with E-state index in [1.165, 1.54) is 144 Å². The summed E-state index contributed by atoms with van der Waals surface area (Å²) in [6.07, 6.45) is 0. The largest absolute Gasteiger partial charge is 0.0622 e. The van der Waals surface area contributed by atoms with Crippen molar-refractivity contribution in [1.82, 2.24) is 0 Å². The van der Waals surface area contributed by atoms with E-state index in [2.05, 4.69) is 340 Å². The summed E-state index contributed by atoms with van der Waals surface area (Å²) in [5.41, 5.74) is 29.2. The van der Waals surface area contributed by atoms with Crippen molar-refractivity contribution in [3.63, 3.8) is 0 Å². The predicted molar refractivity (Wildman–Crippen MR) is 349 cm³/mol. The lowest BCUT2D eigenvalue weighted by Gasteiger charge is -2.10. The molecule has 0 nitrogen and oxygen atoms in total. The molecule has 14 aromatic carbocycles. The summed E-state index contributed by atoms with van der Waals surface area (Å²) in [4.78, 5) is 0. The van der Waals surface area contributed by atoms with E-state index in [9.17, 15) is 0 Å². The molecule has 0 radical (unpaired) electrons. The van der Waals surface area contributed by atoms with Crippen LogP contribution in [-0.2, 0) is 0 Å². The molecule has 0 aliphatic carbocycles. The molecule has 0 heterocycles. The van der Waals surface area contributed by atoms with Gasteiger partial charge in [0.05, 0.1) is 0 Å². The van der Waals surface area contributed by atoms with Crippen LogP contribution in [0.5, 0.6) is 0 Å². The quantitative estimate of drug-likeness (QED) is 0.114. The van der Waals surface area contributed by atoms with Crippen molar-refractivity contribution in [2.24, 2.45) is 0 Å². The van der Waals surface area contributed by atoms with E-state index in [4.69, 9.17) is 0 Å². The lowest BCUT2D eigenvalue weighted by atomic mass is 9.94. The summed E-state index contributed by atoms with van der Waals surface area (Å²) < 4.78 is 0. The van der Waals surface area contributed by atoms with Crippen LogP contribution in [0.25, 0.3) is 144 Å². The Kier molecular flexibility index (Phi) is 13.5. The number of hydrogen-bond acceptors (Lipinski definition) is 0. The molecular weight excluding hydrogens is 985 g/mol. The van der Waals surface area contributed by atoms with Crippen molar-refractivity contribution in [3.05, 3.63) is 340 Å². The van der Waals surface area contributed by atoms with E-state index < -0.39 is 0 Å². The number of benzene rings is 14. The van der Waals surface area contributed by atoms with Crippen LogP contribution in [0.3, 0.4) is 0 Å². The molecule has 0 aliphatic rings. The zero-order chi connectivity index (χ0) is 54.6. The van der Waals surface area contributed by atoms with E-state index in [0.29, 0.717) is 0 Å². The van der Waals surface area contributed by atoms with Crippen LogP contribution in [0.4, 0.5) is 0 Å². The van der Waals surface area contributed by atoms with Crippen molar-refractivity contribution < 1.29 is 0 Å². The molecule has 0 saturated heterocycles. The van der Waals surface area contributed by atoms with E-state index in [1.54, 1.807) is 0 Å². The molecule has 14 aromatic rings. The van der Waals surface area contributed by atoms with E-state index >= 15 is 0 Å². The highest BCUT2D eigenvalue weighted by molar-refractivity contribution is 5.91. The normalized spacial score (nSPS) is 11.2. The van der Waals surface area contributed by atoms with Gasteiger partial charge >= 0.3 is 0 Å². The first-order valence-corrected chi connectivity index (χ1v) is 28.3. The molecule has 0 fully saturated rings. The lowest BCUT2D eigenvalue weighted by molar-refractivity contribution is 1.56. The molecular formula is C82H56. The molecule has 0 aromatic heterocycles. The third-order valence-corrected chi connectivity index (χ3v) is 16.2. The summed E-state index contributed by atoms with van der Waals surface area (Å²) in [7, 11) is 0. The number of hydrogen-bond donors (Lipinski definition) is 0. The first kappa shape index (κ1) is 49.6. The lowest BCUT2D eigenvalue weighted by Crippen LogP contribution is -1.85. The second-order valence-corrected chi connectivity index (χ2v) is 21.3. The third-order valence-electron chi connectivity index (χ3n) is 16.2. The Labute approximate surface area is 481 Å². The smallest absolute Gasteiger partial charge is 0.0177 e. The zero-order valence-electron chi connectivity index (χ0n) is 45.3. The molecule has 0 N–H and O–H groups in total. The molecule has 0 bridgehead atoms. The second-order valence-electron chi connectivity index (χ2n) is 21.3. The Hall–Kier alpha value is -10.7. The molecule has 0 saturated carbocycles. The second kappa shape index (κ2) is 22.2. The maximum absolute atomic E-state index is 2.31. The fourth-order valence-corrected chi connectivity index (χ4v) is 11.4. The monoisotopic (exact) mass is 1040 g/mol. The minimum absolute atomic E-state index is 1.21. The van der Waals surface area contributed by atoms with Gasteiger partial charge in [0, 0.05) is 0 Å². The molecule has 14 rings (SSSR count). The van der Waals surface area contributed by atoms with Crippen LogP contribution >= 0.6 is 0 Å². The molecule has 0 amide bonds. The Bertz CT molecular complexity index is 4150. The average Bonchev–Trinajstić information content (AvgIpc) is 3.67. The van der Waals surface area contributed by atoms with Crippen LogP contribution in [0.1, 0.15) is 0 Å². The van der Waals surface area contributed by atoms with Crippen LogP contribution in [0, 0.1) is 0 Å². The van der Waals surface area contributed by atoms with Gasteiger partial charge < -0.3 is 0 Å². The average molecular weight is 1040 g/mol. The van der Waals surface area contributed by atoms with Gasteiger partial charge in [0.15, 0.2) is 0 Å². The van der Waals surface area contributed by atoms with Gasteiger partial charge in [-0.25, -0.2) is 0 Å². The van der Waals surface area contributed by atoms with Gasteiger partial charge in [-0.3, -0.25) is 0 Å². The Morgan fingerprint density at radius 3 is 0.341 bits per heavy atom.